The van der Waals surface area contributed by atoms with Gasteiger partial charge < -0.3 is 10.0 Å². The molecule has 0 unspecified atom stereocenters. The largest absolute Gasteiger partial charge is 0.480 e. The van der Waals surface area contributed by atoms with Crippen molar-refractivity contribution in [1.82, 2.24) is 10.2 Å². The van der Waals surface area contributed by atoms with E-state index >= 15 is 0 Å². The van der Waals surface area contributed by atoms with Gasteiger partial charge in [-0.25, -0.2) is 0 Å². The fourth-order valence-electron chi connectivity index (χ4n) is 1.21. The molecule has 0 radical (unpaired) electrons. The van der Waals surface area contributed by atoms with E-state index in [-0.39, 0.29) is 12.5 Å². The first-order valence-electron chi connectivity index (χ1n) is 5.22. The third kappa shape index (κ3) is 4.54. The molecule has 6 heteroatoms. The molecule has 0 spiro atoms. The molecule has 0 saturated heterocycles. The smallest absolute Gasteiger partial charge is 0.320 e. The molecule has 0 aliphatic carbocycles. The van der Waals surface area contributed by atoms with E-state index in [0.29, 0.717) is 6.54 Å². The number of amides is 1. The number of nitrogens with one attached hydrogen (secondary N) is 1. The van der Waals surface area contributed by atoms with Gasteiger partial charge in [0.2, 0.25) is 5.91 Å². The van der Waals surface area contributed by atoms with Crippen molar-refractivity contribution in [3.05, 3.63) is 22.4 Å². The molecule has 1 heterocycles. The Morgan fingerprint density at radius 1 is 1.59 bits per heavy atom. The summed E-state index contributed by atoms with van der Waals surface area (Å²) in [7, 11) is 1.70. The predicted octanol–water partition coefficient (Wildman–Crippen LogP) is 0.769. The third-order valence-corrected chi connectivity index (χ3v) is 3.09. The summed E-state index contributed by atoms with van der Waals surface area (Å²) < 4.78 is 0. The second-order valence-electron chi connectivity index (χ2n) is 3.82. The van der Waals surface area contributed by atoms with Crippen molar-refractivity contribution in [2.24, 2.45) is 0 Å². The lowest BCUT2D eigenvalue weighted by atomic mass is 10.3. The van der Waals surface area contributed by atoms with E-state index in [1.807, 2.05) is 16.8 Å². The molecule has 1 aromatic rings. The fourth-order valence-corrected chi connectivity index (χ4v) is 1.87. The zero-order valence-corrected chi connectivity index (χ0v) is 10.7. The van der Waals surface area contributed by atoms with Gasteiger partial charge in [-0.1, -0.05) is 0 Å². The van der Waals surface area contributed by atoms with E-state index < -0.39 is 12.0 Å². The zero-order valence-electron chi connectivity index (χ0n) is 9.84. The number of thiophene rings is 1. The van der Waals surface area contributed by atoms with Crippen molar-refractivity contribution in [2.75, 3.05) is 13.6 Å². The number of likely N-dealkylation sites (N-methyl/N-ethyl adjacent to an activating group) is 1. The van der Waals surface area contributed by atoms with Gasteiger partial charge in [0, 0.05) is 13.6 Å². The van der Waals surface area contributed by atoms with Crippen LogP contribution in [-0.4, -0.2) is 41.5 Å². The highest BCUT2D eigenvalue weighted by molar-refractivity contribution is 7.07. The molecule has 1 atom stereocenters. The number of carbonyl (C=O) groups excluding carboxylic acids is 1. The molecule has 0 saturated carbocycles. The highest BCUT2D eigenvalue weighted by Crippen LogP contribution is 2.08. The van der Waals surface area contributed by atoms with Crippen LogP contribution < -0.4 is 5.32 Å². The maximum absolute atomic E-state index is 11.7. The molecule has 1 aromatic heterocycles. The summed E-state index contributed by atoms with van der Waals surface area (Å²) in [4.78, 5) is 23.8. The van der Waals surface area contributed by atoms with Crippen LogP contribution in [0.25, 0.3) is 0 Å². The number of rotatable bonds is 6. The Labute approximate surface area is 104 Å². The van der Waals surface area contributed by atoms with Gasteiger partial charge in [-0.05, 0) is 29.3 Å². The van der Waals surface area contributed by atoms with Crippen molar-refractivity contribution in [1.29, 1.82) is 0 Å². The van der Waals surface area contributed by atoms with Crippen LogP contribution >= 0.6 is 11.3 Å². The summed E-state index contributed by atoms with van der Waals surface area (Å²) in [5.74, 6) is -1.08. The molecule has 1 rings (SSSR count). The van der Waals surface area contributed by atoms with Crippen LogP contribution in [0, 0.1) is 0 Å². The van der Waals surface area contributed by atoms with E-state index in [1.165, 1.54) is 6.92 Å². The number of carboxylic acid groups (broad SMARTS) is 1. The monoisotopic (exact) mass is 256 g/mol. The Morgan fingerprint density at radius 2 is 2.29 bits per heavy atom. The van der Waals surface area contributed by atoms with Crippen LogP contribution in [0.1, 0.15) is 12.5 Å². The van der Waals surface area contributed by atoms with E-state index in [0.717, 1.165) is 5.56 Å². The van der Waals surface area contributed by atoms with E-state index in [2.05, 4.69) is 5.32 Å². The average Bonchev–Trinajstić information content (AvgIpc) is 2.77. The van der Waals surface area contributed by atoms with Gasteiger partial charge in [0.05, 0.1) is 6.54 Å². The molecule has 2 N–H and O–H groups in total. The summed E-state index contributed by atoms with van der Waals surface area (Å²) in [6, 6.07) is 1.25. The molecular formula is C11H16N2O3S. The third-order valence-electron chi connectivity index (χ3n) is 2.36. The van der Waals surface area contributed by atoms with Crippen molar-refractivity contribution < 1.29 is 14.7 Å². The van der Waals surface area contributed by atoms with Gasteiger partial charge in [-0.15, -0.1) is 0 Å². The van der Waals surface area contributed by atoms with Crippen molar-refractivity contribution in [3.8, 4) is 0 Å². The maximum Gasteiger partial charge on any atom is 0.320 e. The molecule has 1 amide bonds. The molecule has 0 aromatic carbocycles. The van der Waals surface area contributed by atoms with Crippen LogP contribution in [0.2, 0.25) is 0 Å². The lowest BCUT2D eigenvalue weighted by molar-refractivity contribution is -0.139. The van der Waals surface area contributed by atoms with Gasteiger partial charge in [-0.2, -0.15) is 11.3 Å². The lowest BCUT2D eigenvalue weighted by Gasteiger charge is -2.17. The van der Waals surface area contributed by atoms with Crippen LogP contribution in [0.15, 0.2) is 16.8 Å². The van der Waals surface area contributed by atoms with Crippen LogP contribution in [0.3, 0.4) is 0 Å². The number of hydrogen-bond donors (Lipinski definition) is 2. The fraction of sp³-hybridized carbons (Fsp3) is 0.455. The van der Waals surface area contributed by atoms with E-state index in [1.54, 1.807) is 23.3 Å². The van der Waals surface area contributed by atoms with Crippen LogP contribution in [0.4, 0.5) is 0 Å². The Hall–Kier alpha value is -1.40. The number of carboxylic acids is 1. The van der Waals surface area contributed by atoms with Gasteiger partial charge in [-0.3, -0.25) is 14.9 Å². The predicted molar refractivity (Wildman–Crippen MR) is 65.9 cm³/mol. The molecule has 0 fully saturated rings. The van der Waals surface area contributed by atoms with E-state index in [9.17, 15) is 9.59 Å². The Kier molecular flexibility index (Phi) is 5.11. The van der Waals surface area contributed by atoms with E-state index in [4.69, 9.17) is 5.11 Å². The molecule has 94 valence electrons. The topological polar surface area (TPSA) is 69.6 Å². The van der Waals surface area contributed by atoms with Crippen molar-refractivity contribution in [3.63, 3.8) is 0 Å². The van der Waals surface area contributed by atoms with Crippen LogP contribution in [0.5, 0.6) is 0 Å². The lowest BCUT2D eigenvalue weighted by Crippen LogP contribution is -2.41. The quantitative estimate of drug-likeness (QED) is 0.788. The molecule has 0 bridgehead atoms. The molecule has 0 aliphatic rings. The Balaban J connectivity index is 2.34. The number of hydrogen-bond acceptors (Lipinski definition) is 4. The standard InChI is InChI=1S/C11H16N2O3S/c1-8(11(15)16)12-5-10(14)13(2)6-9-3-4-17-7-9/h3-4,7-8,12H,5-6H2,1-2H3,(H,15,16)/t8-/m1/s1. The summed E-state index contributed by atoms with van der Waals surface area (Å²) in [6.45, 7) is 2.09. The minimum absolute atomic E-state index is 0.0358. The first-order chi connectivity index (χ1) is 8.00. The van der Waals surface area contributed by atoms with Gasteiger partial charge in [0.25, 0.3) is 0 Å². The van der Waals surface area contributed by atoms with Crippen molar-refractivity contribution >= 4 is 23.2 Å². The average molecular weight is 256 g/mol. The number of nitrogens with zero attached hydrogens (tertiary/aromatic N) is 1. The van der Waals surface area contributed by atoms with Crippen LogP contribution in [-0.2, 0) is 16.1 Å². The zero-order chi connectivity index (χ0) is 12.8. The van der Waals surface area contributed by atoms with Gasteiger partial charge >= 0.3 is 5.97 Å². The number of aliphatic carboxylic acids is 1. The highest BCUT2D eigenvalue weighted by Gasteiger charge is 2.14. The molecule has 17 heavy (non-hydrogen) atoms. The highest BCUT2D eigenvalue weighted by atomic mass is 32.1. The normalized spacial score (nSPS) is 12.1. The summed E-state index contributed by atoms with van der Waals surface area (Å²) in [5, 5.41) is 15.2. The summed E-state index contributed by atoms with van der Waals surface area (Å²) >= 11 is 1.58. The first-order valence-corrected chi connectivity index (χ1v) is 6.16. The minimum atomic E-state index is -0.960. The maximum atomic E-state index is 11.7. The van der Waals surface area contributed by atoms with Gasteiger partial charge in [0.1, 0.15) is 6.04 Å². The molecule has 0 aliphatic heterocycles. The molecule has 5 nitrogen and oxygen atoms in total. The Morgan fingerprint density at radius 3 is 2.82 bits per heavy atom. The molecular weight excluding hydrogens is 240 g/mol. The summed E-state index contributed by atoms with van der Waals surface area (Å²) in [6.07, 6.45) is 0. The van der Waals surface area contributed by atoms with Crippen molar-refractivity contribution in [2.45, 2.75) is 19.5 Å². The first kappa shape index (κ1) is 13.7. The summed E-state index contributed by atoms with van der Waals surface area (Å²) in [5.41, 5.74) is 1.08. The Bertz CT molecular complexity index is 378. The second-order valence-corrected chi connectivity index (χ2v) is 4.60. The van der Waals surface area contributed by atoms with Gasteiger partial charge in [0.15, 0.2) is 0 Å². The minimum Gasteiger partial charge on any atom is -0.480 e. The number of carbonyl (C=O) groups is 2. The second kappa shape index (κ2) is 6.36. The SMILES string of the molecule is C[C@@H](NCC(=O)N(C)Cc1ccsc1)C(=O)O.